The van der Waals surface area contributed by atoms with Crippen LogP contribution < -0.4 is 5.73 Å². The molecule has 2 aromatic heterocycles. The Kier molecular flexibility index (Phi) is 4.19. The van der Waals surface area contributed by atoms with Crippen LogP contribution in [-0.2, 0) is 5.54 Å². The van der Waals surface area contributed by atoms with Crippen LogP contribution in [0, 0.1) is 0 Å². The summed E-state index contributed by atoms with van der Waals surface area (Å²) in [6, 6.07) is 11.6. The quantitative estimate of drug-likeness (QED) is 0.794. The Balaban J connectivity index is 0.00000156. The molecule has 0 amide bonds. The first kappa shape index (κ1) is 15.7. The molecule has 1 aliphatic carbocycles. The lowest BCUT2D eigenvalue weighted by Gasteiger charge is -2.34. The van der Waals surface area contributed by atoms with E-state index in [1.165, 1.54) is 0 Å². The minimum absolute atomic E-state index is 0. The van der Waals surface area contributed by atoms with Gasteiger partial charge in [0, 0.05) is 12.4 Å². The number of rotatable bonds is 4. The monoisotopic (exact) mass is 331 g/mol. The largest absolute Gasteiger partial charge is 0.336 e. The van der Waals surface area contributed by atoms with Gasteiger partial charge in [-0.1, -0.05) is 35.5 Å². The van der Waals surface area contributed by atoms with Crippen LogP contribution in [0.5, 0.6) is 0 Å². The molecule has 2 heterocycles. The molecule has 1 aliphatic rings. The van der Waals surface area contributed by atoms with Crippen LogP contribution in [0.1, 0.15) is 42.6 Å². The van der Waals surface area contributed by atoms with Crippen molar-refractivity contribution in [2.75, 3.05) is 0 Å². The molecule has 0 spiro atoms. The summed E-state index contributed by atoms with van der Waals surface area (Å²) in [5, 5.41) is 8.45. The normalized spacial score (nSPS) is 17.1. The van der Waals surface area contributed by atoms with Gasteiger partial charge >= 0.3 is 0 Å². The standard InChI is InChI=1S/C16H17N5O.ClH/c17-16(8-4-9-16)15-19-14(22-20-15)13(21-11-5-10-18-21)12-6-2-1-3-7-12;/h1-3,5-7,10-11,13H,4,8-9,17H2;1H. The summed E-state index contributed by atoms with van der Waals surface area (Å²) in [5.41, 5.74) is 6.91. The molecular weight excluding hydrogens is 314 g/mol. The molecule has 1 saturated carbocycles. The number of benzene rings is 1. The number of nitrogens with zero attached hydrogens (tertiary/aromatic N) is 4. The fourth-order valence-corrected chi connectivity index (χ4v) is 2.81. The molecule has 0 bridgehead atoms. The molecule has 3 aromatic rings. The third-order valence-corrected chi connectivity index (χ3v) is 4.27. The summed E-state index contributed by atoms with van der Waals surface area (Å²) >= 11 is 0. The minimum Gasteiger partial charge on any atom is -0.336 e. The Morgan fingerprint density at radius 2 is 1.96 bits per heavy atom. The first-order valence-electron chi connectivity index (χ1n) is 7.43. The minimum atomic E-state index is -0.424. The fourth-order valence-electron chi connectivity index (χ4n) is 2.81. The van der Waals surface area contributed by atoms with Crippen LogP contribution in [0.2, 0.25) is 0 Å². The second kappa shape index (κ2) is 6.14. The lowest BCUT2D eigenvalue weighted by Crippen LogP contribution is -2.44. The third-order valence-electron chi connectivity index (χ3n) is 4.27. The maximum atomic E-state index is 6.29. The molecule has 4 rings (SSSR count). The highest BCUT2D eigenvalue weighted by Gasteiger charge is 2.39. The van der Waals surface area contributed by atoms with E-state index < -0.39 is 5.54 Å². The van der Waals surface area contributed by atoms with Gasteiger partial charge < -0.3 is 10.3 Å². The molecule has 1 atom stereocenters. The second-order valence-electron chi connectivity index (χ2n) is 5.77. The predicted octanol–water partition coefficient (Wildman–Crippen LogP) is 2.66. The van der Waals surface area contributed by atoms with E-state index in [4.69, 9.17) is 10.3 Å². The zero-order valence-corrected chi connectivity index (χ0v) is 13.3. The van der Waals surface area contributed by atoms with Crippen LogP contribution in [0.15, 0.2) is 53.3 Å². The van der Waals surface area contributed by atoms with Crippen molar-refractivity contribution in [2.45, 2.75) is 30.8 Å². The summed E-state index contributed by atoms with van der Waals surface area (Å²) in [5.74, 6) is 1.11. The predicted molar refractivity (Wildman–Crippen MR) is 87.2 cm³/mol. The molecule has 1 fully saturated rings. The van der Waals surface area contributed by atoms with Gasteiger partial charge in [-0.25, -0.2) is 0 Å². The van der Waals surface area contributed by atoms with Crippen molar-refractivity contribution in [1.82, 2.24) is 19.9 Å². The van der Waals surface area contributed by atoms with Gasteiger partial charge in [0.15, 0.2) is 11.9 Å². The molecule has 0 aliphatic heterocycles. The van der Waals surface area contributed by atoms with E-state index in [2.05, 4.69) is 15.2 Å². The van der Waals surface area contributed by atoms with E-state index in [0.29, 0.717) is 11.7 Å². The van der Waals surface area contributed by atoms with Crippen molar-refractivity contribution >= 4 is 12.4 Å². The van der Waals surface area contributed by atoms with E-state index in [0.717, 1.165) is 24.8 Å². The van der Waals surface area contributed by atoms with Gasteiger partial charge in [-0.3, -0.25) is 4.68 Å². The first-order chi connectivity index (χ1) is 10.8. The number of aromatic nitrogens is 4. The number of nitrogens with two attached hydrogens (primary N) is 1. The van der Waals surface area contributed by atoms with Crippen molar-refractivity contribution in [1.29, 1.82) is 0 Å². The van der Waals surface area contributed by atoms with Crippen molar-refractivity contribution in [3.05, 3.63) is 66.1 Å². The van der Waals surface area contributed by atoms with E-state index in [9.17, 15) is 0 Å². The fraction of sp³-hybridized carbons (Fsp3) is 0.312. The highest BCUT2D eigenvalue weighted by molar-refractivity contribution is 5.85. The maximum absolute atomic E-state index is 6.29. The summed E-state index contributed by atoms with van der Waals surface area (Å²) in [4.78, 5) is 4.57. The Morgan fingerprint density at radius 1 is 1.17 bits per heavy atom. The Hall–Kier alpha value is -2.18. The molecule has 6 nitrogen and oxygen atoms in total. The SMILES string of the molecule is Cl.NC1(c2noc(C(c3ccccc3)n3cccn3)n2)CCC1. The highest BCUT2D eigenvalue weighted by atomic mass is 35.5. The zero-order valence-electron chi connectivity index (χ0n) is 12.5. The van der Waals surface area contributed by atoms with E-state index in [-0.39, 0.29) is 18.4 Å². The maximum Gasteiger partial charge on any atom is 0.256 e. The van der Waals surface area contributed by atoms with Gasteiger partial charge in [0.2, 0.25) is 0 Å². The topological polar surface area (TPSA) is 82.8 Å². The lowest BCUT2D eigenvalue weighted by molar-refractivity contribution is 0.228. The Labute approximate surface area is 140 Å². The lowest BCUT2D eigenvalue weighted by atomic mass is 9.77. The van der Waals surface area contributed by atoms with E-state index in [1.54, 1.807) is 6.20 Å². The summed E-state index contributed by atoms with van der Waals surface area (Å²) in [6.45, 7) is 0. The van der Waals surface area contributed by atoms with Crippen LogP contribution in [0.3, 0.4) is 0 Å². The molecule has 0 saturated heterocycles. The Morgan fingerprint density at radius 3 is 2.57 bits per heavy atom. The van der Waals surface area contributed by atoms with Gasteiger partial charge in [-0.2, -0.15) is 10.1 Å². The Bertz CT molecular complexity index is 752. The van der Waals surface area contributed by atoms with Crippen LogP contribution in [0.25, 0.3) is 0 Å². The molecule has 120 valence electrons. The molecule has 0 radical (unpaired) electrons. The van der Waals surface area contributed by atoms with Crippen molar-refractivity contribution in [3.8, 4) is 0 Å². The average Bonchev–Trinajstić information content (AvgIpc) is 3.19. The summed E-state index contributed by atoms with van der Waals surface area (Å²) in [7, 11) is 0. The van der Waals surface area contributed by atoms with Gasteiger partial charge in [0.05, 0.1) is 5.54 Å². The molecule has 7 heteroatoms. The van der Waals surface area contributed by atoms with Crippen molar-refractivity contribution < 1.29 is 4.52 Å². The summed E-state index contributed by atoms with van der Waals surface area (Å²) < 4.78 is 7.34. The molecule has 1 aromatic carbocycles. The van der Waals surface area contributed by atoms with Gasteiger partial charge in [-0.05, 0) is 30.9 Å². The van der Waals surface area contributed by atoms with Crippen molar-refractivity contribution in [2.24, 2.45) is 5.73 Å². The van der Waals surface area contributed by atoms with Crippen LogP contribution in [0.4, 0.5) is 0 Å². The first-order valence-corrected chi connectivity index (χ1v) is 7.43. The van der Waals surface area contributed by atoms with Crippen LogP contribution in [-0.4, -0.2) is 19.9 Å². The van der Waals surface area contributed by atoms with Gasteiger partial charge in [0.1, 0.15) is 0 Å². The third kappa shape index (κ3) is 2.75. The number of halogens is 1. The van der Waals surface area contributed by atoms with Crippen molar-refractivity contribution in [3.63, 3.8) is 0 Å². The summed E-state index contributed by atoms with van der Waals surface area (Å²) in [6.07, 6.45) is 6.56. The van der Waals surface area contributed by atoms with Gasteiger partial charge in [0.25, 0.3) is 5.89 Å². The zero-order chi connectivity index (χ0) is 15.0. The van der Waals surface area contributed by atoms with Gasteiger partial charge in [-0.15, -0.1) is 12.4 Å². The highest BCUT2D eigenvalue weighted by Crippen LogP contribution is 2.37. The number of hydrogen-bond donors (Lipinski definition) is 1. The molecule has 1 unspecified atom stereocenters. The second-order valence-corrected chi connectivity index (χ2v) is 5.77. The molecular formula is C16H18ClN5O. The molecule has 2 N–H and O–H groups in total. The van der Waals surface area contributed by atoms with Crippen LogP contribution >= 0.6 is 12.4 Å². The average molecular weight is 332 g/mol. The smallest absolute Gasteiger partial charge is 0.256 e. The van der Waals surface area contributed by atoms with E-state index >= 15 is 0 Å². The van der Waals surface area contributed by atoms with E-state index in [1.807, 2.05) is 47.3 Å². The molecule has 23 heavy (non-hydrogen) atoms. The number of hydrogen-bond acceptors (Lipinski definition) is 5.